The van der Waals surface area contributed by atoms with Crippen LogP contribution in [0.4, 0.5) is 5.69 Å². The Hall–Kier alpha value is -2.29. The summed E-state index contributed by atoms with van der Waals surface area (Å²) < 4.78 is 5.35. The van der Waals surface area contributed by atoms with Crippen LogP contribution in [0, 0.1) is 0 Å². The zero-order chi connectivity index (χ0) is 16.3. The third kappa shape index (κ3) is 6.15. The number of hydrogen-bond acceptors (Lipinski definition) is 3. The topological polar surface area (TPSA) is 38.3 Å². The summed E-state index contributed by atoms with van der Waals surface area (Å²) >= 11 is 0. The van der Waals surface area contributed by atoms with E-state index < -0.39 is 0 Å². The first kappa shape index (κ1) is 17.1. The van der Waals surface area contributed by atoms with Crippen LogP contribution < -0.4 is 5.32 Å². The first-order valence-corrected chi connectivity index (χ1v) is 8.34. The maximum atomic E-state index is 12.1. The minimum atomic E-state index is -0.233. The van der Waals surface area contributed by atoms with Gasteiger partial charge in [-0.2, -0.15) is 0 Å². The van der Waals surface area contributed by atoms with Crippen molar-refractivity contribution in [3.8, 4) is 0 Å². The lowest BCUT2D eigenvalue weighted by atomic mass is 10.1. The second kappa shape index (κ2) is 9.67. The van der Waals surface area contributed by atoms with Crippen molar-refractivity contribution in [2.45, 2.75) is 32.6 Å². The number of anilines is 1. The molecule has 2 rings (SSSR count). The number of para-hydroxylation sites is 1. The van der Waals surface area contributed by atoms with Gasteiger partial charge >= 0.3 is 5.97 Å². The van der Waals surface area contributed by atoms with Crippen molar-refractivity contribution in [3.63, 3.8) is 0 Å². The van der Waals surface area contributed by atoms with Gasteiger partial charge in [0.2, 0.25) is 0 Å². The van der Waals surface area contributed by atoms with E-state index in [4.69, 9.17) is 4.74 Å². The third-order valence-electron chi connectivity index (χ3n) is 3.64. The molecule has 0 radical (unpaired) electrons. The number of unbranched alkanes of at least 4 members (excludes halogenated alkanes) is 1. The minimum Gasteiger partial charge on any atom is -0.462 e. The van der Waals surface area contributed by atoms with Crippen molar-refractivity contribution in [3.05, 3.63) is 65.7 Å². The fourth-order valence-corrected chi connectivity index (χ4v) is 2.34. The molecule has 0 aliphatic carbocycles. The summed E-state index contributed by atoms with van der Waals surface area (Å²) in [6, 6.07) is 17.8. The second-order valence-corrected chi connectivity index (χ2v) is 5.59. The molecule has 3 nitrogen and oxygen atoms in total. The van der Waals surface area contributed by atoms with Crippen molar-refractivity contribution in [2.24, 2.45) is 0 Å². The molecule has 0 aliphatic rings. The van der Waals surface area contributed by atoms with Gasteiger partial charge in [-0.3, -0.25) is 0 Å². The van der Waals surface area contributed by atoms with Crippen LogP contribution in [0.2, 0.25) is 0 Å². The van der Waals surface area contributed by atoms with Crippen LogP contribution in [-0.4, -0.2) is 19.1 Å². The zero-order valence-electron chi connectivity index (χ0n) is 13.8. The molecule has 0 aliphatic heterocycles. The maximum Gasteiger partial charge on any atom is 0.338 e. The van der Waals surface area contributed by atoms with Crippen LogP contribution >= 0.6 is 0 Å². The molecule has 122 valence electrons. The number of benzene rings is 2. The van der Waals surface area contributed by atoms with Gasteiger partial charge < -0.3 is 10.1 Å². The van der Waals surface area contributed by atoms with Crippen molar-refractivity contribution in [1.29, 1.82) is 0 Å². The number of ether oxygens (including phenoxy) is 1. The van der Waals surface area contributed by atoms with Gasteiger partial charge in [-0.25, -0.2) is 4.79 Å². The number of nitrogens with one attached hydrogen (secondary N) is 1. The van der Waals surface area contributed by atoms with Crippen LogP contribution in [0.5, 0.6) is 0 Å². The van der Waals surface area contributed by atoms with Crippen LogP contribution in [0.1, 0.15) is 42.1 Å². The van der Waals surface area contributed by atoms with Gasteiger partial charge in [-0.15, -0.1) is 0 Å². The molecular weight excluding hydrogens is 286 g/mol. The zero-order valence-corrected chi connectivity index (χ0v) is 13.8. The quantitative estimate of drug-likeness (QED) is 0.539. The SMILES string of the molecule is CCCCc1cccc(C(=O)OCCCNc2ccccc2)c1. The lowest BCUT2D eigenvalue weighted by Gasteiger charge is -2.08. The molecule has 3 heteroatoms. The first-order chi connectivity index (χ1) is 11.3. The lowest BCUT2D eigenvalue weighted by molar-refractivity contribution is 0.0503. The van der Waals surface area contributed by atoms with Gasteiger partial charge in [0.15, 0.2) is 0 Å². The second-order valence-electron chi connectivity index (χ2n) is 5.59. The molecule has 0 aromatic heterocycles. The standard InChI is InChI=1S/C20H25NO2/c1-2-3-9-17-10-7-11-18(16-17)20(22)23-15-8-14-21-19-12-5-4-6-13-19/h4-7,10-13,16,21H,2-3,8-9,14-15H2,1H3. The summed E-state index contributed by atoms with van der Waals surface area (Å²) in [6.45, 7) is 3.38. The molecule has 0 bridgehead atoms. The van der Waals surface area contributed by atoms with Gasteiger partial charge in [-0.05, 0) is 49.1 Å². The molecule has 0 unspecified atom stereocenters. The number of carbonyl (C=O) groups is 1. The fraction of sp³-hybridized carbons (Fsp3) is 0.350. The van der Waals surface area contributed by atoms with E-state index in [2.05, 4.69) is 18.3 Å². The predicted octanol–water partition coefficient (Wildman–Crippen LogP) is 4.69. The highest BCUT2D eigenvalue weighted by Crippen LogP contribution is 2.10. The van der Waals surface area contributed by atoms with Crippen LogP contribution in [-0.2, 0) is 11.2 Å². The first-order valence-electron chi connectivity index (χ1n) is 8.34. The Kier molecular flexibility index (Phi) is 7.18. The number of rotatable bonds is 9. The van der Waals surface area contributed by atoms with E-state index in [1.54, 1.807) is 0 Å². The Morgan fingerprint density at radius 3 is 2.65 bits per heavy atom. The Morgan fingerprint density at radius 1 is 1.04 bits per heavy atom. The third-order valence-corrected chi connectivity index (χ3v) is 3.64. The van der Waals surface area contributed by atoms with E-state index in [1.807, 2.05) is 48.5 Å². The highest BCUT2D eigenvalue weighted by atomic mass is 16.5. The van der Waals surface area contributed by atoms with Gasteiger partial charge in [0.05, 0.1) is 12.2 Å². The molecule has 2 aromatic carbocycles. The molecule has 0 amide bonds. The maximum absolute atomic E-state index is 12.1. The van der Waals surface area contributed by atoms with Gasteiger partial charge in [0.1, 0.15) is 0 Å². The molecule has 0 atom stereocenters. The van der Waals surface area contributed by atoms with Crippen LogP contribution in [0.15, 0.2) is 54.6 Å². The summed E-state index contributed by atoms with van der Waals surface area (Å²) in [5.41, 5.74) is 2.93. The summed E-state index contributed by atoms with van der Waals surface area (Å²) in [5.74, 6) is -0.233. The Labute approximate surface area is 138 Å². The fourth-order valence-electron chi connectivity index (χ4n) is 2.34. The van der Waals surface area contributed by atoms with Crippen molar-refractivity contribution in [1.82, 2.24) is 0 Å². The molecule has 2 aromatic rings. The summed E-state index contributed by atoms with van der Waals surface area (Å²) in [5, 5.41) is 3.30. The molecule has 0 spiro atoms. The lowest BCUT2D eigenvalue weighted by Crippen LogP contribution is -2.10. The average Bonchev–Trinajstić information content (AvgIpc) is 2.60. The highest BCUT2D eigenvalue weighted by molar-refractivity contribution is 5.89. The van der Waals surface area contributed by atoms with E-state index >= 15 is 0 Å². The molecular formula is C20H25NO2. The summed E-state index contributed by atoms with van der Waals surface area (Å²) in [4.78, 5) is 12.1. The molecule has 0 saturated heterocycles. The van der Waals surface area contributed by atoms with Crippen molar-refractivity contribution < 1.29 is 9.53 Å². The number of carbonyl (C=O) groups excluding carboxylic acids is 1. The summed E-state index contributed by atoms with van der Waals surface area (Å²) in [6.07, 6.45) is 4.10. The molecule has 0 fully saturated rings. The number of esters is 1. The average molecular weight is 311 g/mol. The smallest absolute Gasteiger partial charge is 0.338 e. The highest BCUT2D eigenvalue weighted by Gasteiger charge is 2.07. The number of aryl methyl sites for hydroxylation is 1. The van der Waals surface area contributed by atoms with E-state index in [1.165, 1.54) is 5.56 Å². The van der Waals surface area contributed by atoms with E-state index in [0.717, 1.165) is 37.9 Å². The normalized spacial score (nSPS) is 10.3. The Balaban J connectivity index is 1.70. The van der Waals surface area contributed by atoms with Crippen molar-refractivity contribution >= 4 is 11.7 Å². The minimum absolute atomic E-state index is 0.233. The number of hydrogen-bond donors (Lipinski definition) is 1. The van der Waals surface area contributed by atoms with Crippen molar-refractivity contribution in [2.75, 3.05) is 18.5 Å². The van der Waals surface area contributed by atoms with E-state index in [-0.39, 0.29) is 5.97 Å². The Bertz CT molecular complexity index is 596. The van der Waals surface area contributed by atoms with Gasteiger partial charge in [0.25, 0.3) is 0 Å². The molecule has 0 saturated carbocycles. The molecule has 1 N–H and O–H groups in total. The summed E-state index contributed by atoms with van der Waals surface area (Å²) in [7, 11) is 0. The van der Waals surface area contributed by atoms with Gasteiger partial charge in [0, 0.05) is 12.2 Å². The van der Waals surface area contributed by atoms with Crippen LogP contribution in [0.25, 0.3) is 0 Å². The largest absolute Gasteiger partial charge is 0.462 e. The van der Waals surface area contributed by atoms with Gasteiger partial charge in [-0.1, -0.05) is 43.7 Å². The molecule has 0 heterocycles. The van der Waals surface area contributed by atoms with E-state index in [0.29, 0.717) is 12.2 Å². The van der Waals surface area contributed by atoms with E-state index in [9.17, 15) is 4.79 Å². The Morgan fingerprint density at radius 2 is 1.87 bits per heavy atom. The van der Waals surface area contributed by atoms with Crippen LogP contribution in [0.3, 0.4) is 0 Å². The molecule has 23 heavy (non-hydrogen) atoms. The predicted molar refractivity (Wildman–Crippen MR) is 94.9 cm³/mol. The monoisotopic (exact) mass is 311 g/mol.